The van der Waals surface area contributed by atoms with E-state index in [0.29, 0.717) is 24.4 Å². The minimum Gasteiger partial charge on any atom is -0.390 e. The topological polar surface area (TPSA) is 144 Å². The Morgan fingerprint density at radius 3 is 2.68 bits per heavy atom. The molecule has 2 aliphatic rings. The van der Waals surface area contributed by atoms with E-state index in [4.69, 9.17) is 9.47 Å². The number of ether oxygens (including phenoxy) is 2. The number of hydrogen-bond donors (Lipinski definition) is 1. The molecule has 0 aliphatic carbocycles. The first-order valence-electron chi connectivity index (χ1n) is 11.4. The van der Waals surface area contributed by atoms with Crippen LogP contribution in [0.2, 0.25) is 0 Å². The van der Waals surface area contributed by atoms with Crippen LogP contribution in [0.4, 0.5) is 0 Å². The van der Waals surface area contributed by atoms with Gasteiger partial charge >= 0.3 is 5.69 Å². The maximum atomic E-state index is 13.3. The van der Waals surface area contributed by atoms with Crippen molar-refractivity contribution in [3.63, 3.8) is 0 Å². The molecule has 0 radical (unpaired) electrons. The molecule has 34 heavy (non-hydrogen) atoms. The van der Waals surface area contributed by atoms with Crippen molar-refractivity contribution in [3.05, 3.63) is 56.4 Å². The van der Waals surface area contributed by atoms with E-state index in [9.17, 15) is 14.7 Å². The van der Waals surface area contributed by atoms with Crippen molar-refractivity contribution < 1.29 is 14.6 Å². The summed E-state index contributed by atoms with van der Waals surface area (Å²) in [6.45, 7) is 4.42. The fraction of sp³-hybridized carbons (Fsp3) is 0.619. The van der Waals surface area contributed by atoms with E-state index in [0.717, 1.165) is 29.5 Å². The number of nitrogens with zero attached hydrogens (tertiary/aromatic N) is 8. The van der Waals surface area contributed by atoms with E-state index in [1.165, 1.54) is 10.8 Å². The molecule has 13 heteroatoms. The van der Waals surface area contributed by atoms with Gasteiger partial charge in [-0.1, -0.05) is 10.4 Å². The van der Waals surface area contributed by atoms with Crippen LogP contribution in [0.1, 0.15) is 55.1 Å². The van der Waals surface area contributed by atoms with Gasteiger partial charge in [-0.05, 0) is 33.1 Å². The molecular weight excluding hydrogens is 444 g/mol. The highest BCUT2D eigenvalue weighted by Crippen LogP contribution is 2.28. The third-order valence-corrected chi connectivity index (χ3v) is 6.23. The zero-order chi connectivity index (χ0) is 23.8. The second-order valence-corrected chi connectivity index (χ2v) is 8.92. The molecule has 5 heterocycles. The molecule has 182 valence electrons. The van der Waals surface area contributed by atoms with Gasteiger partial charge in [0.2, 0.25) is 0 Å². The largest absolute Gasteiger partial charge is 0.390 e. The lowest BCUT2D eigenvalue weighted by Crippen LogP contribution is -2.42. The monoisotopic (exact) mass is 472 g/mol. The number of hydrogen-bond acceptors (Lipinski definition) is 9. The highest BCUT2D eigenvalue weighted by atomic mass is 16.5. The second-order valence-electron chi connectivity index (χ2n) is 8.92. The first kappa shape index (κ1) is 22.6. The van der Waals surface area contributed by atoms with E-state index >= 15 is 0 Å². The molecule has 0 aromatic carbocycles. The Hall–Kier alpha value is -3.16. The second kappa shape index (κ2) is 9.24. The maximum Gasteiger partial charge on any atom is 0.333 e. The van der Waals surface area contributed by atoms with Crippen LogP contribution in [-0.4, -0.2) is 63.0 Å². The van der Waals surface area contributed by atoms with Crippen LogP contribution >= 0.6 is 0 Å². The van der Waals surface area contributed by atoms with Gasteiger partial charge in [0.1, 0.15) is 18.0 Å². The Morgan fingerprint density at radius 2 is 1.94 bits per heavy atom. The summed E-state index contributed by atoms with van der Waals surface area (Å²) in [6, 6.07) is 0. The van der Waals surface area contributed by atoms with Gasteiger partial charge in [-0.15, -0.1) is 10.2 Å². The Balaban J connectivity index is 1.37. The van der Waals surface area contributed by atoms with Crippen LogP contribution in [0, 0.1) is 13.8 Å². The van der Waals surface area contributed by atoms with Gasteiger partial charge < -0.3 is 14.6 Å². The van der Waals surface area contributed by atoms with E-state index in [2.05, 4.69) is 20.6 Å². The van der Waals surface area contributed by atoms with Gasteiger partial charge in [0, 0.05) is 31.0 Å². The summed E-state index contributed by atoms with van der Waals surface area (Å²) in [4.78, 5) is 26.1. The lowest BCUT2D eigenvalue weighted by atomic mass is 10.2. The SMILES string of the molecule is Cc1cn(C[C@H]2O[C@@H](n3cc(C)c(=O)n(Cc4cn([C@H]5CCCCO5)nn4)c3=O)CC2O)nn1. The third-order valence-electron chi connectivity index (χ3n) is 6.23. The van der Waals surface area contributed by atoms with Crippen molar-refractivity contribution in [2.24, 2.45) is 0 Å². The van der Waals surface area contributed by atoms with Gasteiger partial charge in [0.25, 0.3) is 5.56 Å². The van der Waals surface area contributed by atoms with E-state index < -0.39 is 29.7 Å². The van der Waals surface area contributed by atoms with Crippen molar-refractivity contribution in [1.29, 1.82) is 0 Å². The van der Waals surface area contributed by atoms with Gasteiger partial charge in [0.05, 0.1) is 31.1 Å². The molecule has 0 bridgehead atoms. The van der Waals surface area contributed by atoms with Crippen molar-refractivity contribution in [2.45, 2.75) is 77.3 Å². The Morgan fingerprint density at radius 1 is 1.09 bits per heavy atom. The number of aromatic nitrogens is 8. The molecule has 1 N–H and O–H groups in total. The summed E-state index contributed by atoms with van der Waals surface area (Å²) < 4.78 is 17.4. The van der Waals surface area contributed by atoms with Gasteiger partial charge in [-0.25, -0.2) is 14.2 Å². The molecule has 0 saturated carbocycles. The molecule has 3 aromatic rings. The van der Waals surface area contributed by atoms with Gasteiger partial charge in [-0.2, -0.15) is 0 Å². The van der Waals surface area contributed by atoms with E-state index in [1.807, 2.05) is 6.92 Å². The number of aliphatic hydroxyl groups is 1. The number of rotatable bonds is 6. The summed E-state index contributed by atoms with van der Waals surface area (Å²) in [5.41, 5.74) is 0.690. The average molecular weight is 473 g/mol. The first-order chi connectivity index (χ1) is 16.4. The fourth-order valence-corrected chi connectivity index (χ4v) is 4.44. The maximum absolute atomic E-state index is 13.3. The normalized spacial score (nSPS) is 25.1. The quantitative estimate of drug-likeness (QED) is 0.520. The van der Waals surface area contributed by atoms with Crippen molar-refractivity contribution in [2.75, 3.05) is 6.61 Å². The van der Waals surface area contributed by atoms with Crippen LogP contribution in [0.15, 0.2) is 28.2 Å². The van der Waals surface area contributed by atoms with Gasteiger partial charge in [0.15, 0.2) is 6.23 Å². The number of aliphatic hydroxyl groups excluding tert-OH is 1. The van der Waals surface area contributed by atoms with Crippen LogP contribution in [0.5, 0.6) is 0 Å². The summed E-state index contributed by atoms with van der Waals surface area (Å²) in [5, 5.41) is 26.7. The molecule has 13 nitrogen and oxygen atoms in total. The predicted molar refractivity (Wildman–Crippen MR) is 117 cm³/mol. The minimum atomic E-state index is -0.794. The zero-order valence-corrected chi connectivity index (χ0v) is 19.1. The lowest BCUT2D eigenvalue weighted by Gasteiger charge is -2.21. The molecule has 3 aromatic heterocycles. The highest BCUT2D eigenvalue weighted by molar-refractivity contribution is 5.06. The Kier molecular flexibility index (Phi) is 6.15. The third kappa shape index (κ3) is 4.45. The minimum absolute atomic E-state index is 0.0248. The summed E-state index contributed by atoms with van der Waals surface area (Å²) >= 11 is 0. The van der Waals surface area contributed by atoms with Crippen molar-refractivity contribution >= 4 is 0 Å². The smallest absolute Gasteiger partial charge is 0.333 e. The van der Waals surface area contributed by atoms with Crippen molar-refractivity contribution in [3.8, 4) is 0 Å². The van der Waals surface area contributed by atoms with E-state index in [1.54, 1.807) is 28.7 Å². The molecule has 2 saturated heterocycles. The fourth-order valence-electron chi connectivity index (χ4n) is 4.44. The lowest BCUT2D eigenvalue weighted by molar-refractivity contribution is -0.0405. The van der Waals surface area contributed by atoms with Crippen LogP contribution in [-0.2, 0) is 22.6 Å². The molecule has 4 atom stereocenters. The van der Waals surface area contributed by atoms with E-state index in [-0.39, 0.29) is 19.2 Å². The molecule has 2 aliphatic heterocycles. The highest BCUT2D eigenvalue weighted by Gasteiger charge is 2.36. The van der Waals surface area contributed by atoms with Crippen LogP contribution in [0.3, 0.4) is 0 Å². The van der Waals surface area contributed by atoms with Gasteiger partial charge in [-0.3, -0.25) is 13.9 Å². The molecule has 5 rings (SSSR count). The Labute approximate surface area is 194 Å². The van der Waals surface area contributed by atoms with Crippen LogP contribution < -0.4 is 11.2 Å². The molecule has 2 fully saturated rings. The van der Waals surface area contributed by atoms with Crippen molar-refractivity contribution in [1.82, 2.24) is 39.1 Å². The van der Waals surface area contributed by atoms with Crippen LogP contribution in [0.25, 0.3) is 0 Å². The molecule has 0 amide bonds. The molecular formula is C21H28N8O5. The number of aryl methyl sites for hydroxylation is 2. The Bertz CT molecular complexity index is 1270. The zero-order valence-electron chi connectivity index (χ0n) is 19.1. The summed E-state index contributed by atoms with van der Waals surface area (Å²) in [7, 11) is 0. The predicted octanol–water partition coefficient (Wildman–Crippen LogP) is -0.0942. The average Bonchev–Trinajstić information content (AvgIpc) is 3.55. The first-order valence-corrected chi connectivity index (χ1v) is 11.4. The summed E-state index contributed by atoms with van der Waals surface area (Å²) in [5.74, 6) is 0. The molecule has 0 spiro atoms. The summed E-state index contributed by atoms with van der Waals surface area (Å²) in [6.07, 6.45) is 5.82. The standard InChI is InChI=1S/C21H28N8O5/c1-13-8-27(19-7-16(30)17(34-19)12-26-9-14(2)22-24-26)21(32)28(20(13)31)10-15-11-29(25-23-15)18-5-3-4-6-33-18/h8-9,11,16-19,30H,3-7,10,12H2,1-2H3/t16?,17-,18-,19-/m1/s1. The molecule has 1 unspecified atom stereocenters.